The molecule has 0 aliphatic heterocycles. The van der Waals surface area contributed by atoms with E-state index in [1.165, 1.54) is 6.07 Å². The lowest BCUT2D eigenvalue weighted by atomic mass is 9.96. The summed E-state index contributed by atoms with van der Waals surface area (Å²) in [5.41, 5.74) is 4.56. The van der Waals surface area contributed by atoms with Crippen molar-refractivity contribution in [1.29, 1.82) is 0 Å². The Morgan fingerprint density at radius 2 is 2.00 bits per heavy atom. The van der Waals surface area contributed by atoms with Gasteiger partial charge in [0.25, 0.3) is 5.69 Å². The second kappa shape index (κ2) is 8.44. The molecule has 1 unspecified atom stereocenters. The molecule has 0 spiro atoms. The van der Waals surface area contributed by atoms with Crippen molar-refractivity contribution in [2.75, 3.05) is 12.4 Å². The molecule has 0 bridgehead atoms. The number of non-ortho nitro benzene ring substituents is 1. The third kappa shape index (κ3) is 5.50. The number of esters is 1. The van der Waals surface area contributed by atoms with Crippen LogP contribution < -0.4 is 11.1 Å². The van der Waals surface area contributed by atoms with Crippen LogP contribution in [0.3, 0.4) is 0 Å². The van der Waals surface area contributed by atoms with E-state index in [0.717, 1.165) is 19.2 Å². The van der Waals surface area contributed by atoms with Crippen molar-refractivity contribution in [3.05, 3.63) is 33.9 Å². The maximum atomic E-state index is 12.1. The number of anilines is 1. The van der Waals surface area contributed by atoms with E-state index >= 15 is 0 Å². The number of benzene rings is 1. The van der Waals surface area contributed by atoms with Gasteiger partial charge in [-0.15, -0.1) is 12.4 Å². The van der Waals surface area contributed by atoms with Crippen LogP contribution in [0.5, 0.6) is 0 Å². The highest BCUT2D eigenvalue weighted by molar-refractivity contribution is 5.99. The molecule has 0 saturated heterocycles. The SMILES string of the molecule is CCCC(C)(N)C(=O)Nc1cc(C(=O)OC)cc([N+](=O)[O-])c1.Cl. The molecule has 9 heteroatoms. The molecule has 1 aromatic carbocycles. The highest BCUT2D eigenvalue weighted by Gasteiger charge is 2.28. The van der Waals surface area contributed by atoms with Crippen molar-refractivity contribution in [2.45, 2.75) is 32.2 Å². The topological polar surface area (TPSA) is 125 Å². The summed E-state index contributed by atoms with van der Waals surface area (Å²) in [5.74, 6) is -1.21. The van der Waals surface area contributed by atoms with Gasteiger partial charge in [-0.2, -0.15) is 0 Å². The molecule has 0 radical (unpaired) electrons. The molecule has 0 heterocycles. The lowest BCUT2D eigenvalue weighted by Gasteiger charge is -2.22. The molecule has 0 aliphatic rings. The molecule has 1 atom stereocenters. The van der Waals surface area contributed by atoms with Gasteiger partial charge in [0.15, 0.2) is 0 Å². The van der Waals surface area contributed by atoms with E-state index in [9.17, 15) is 19.7 Å². The molecule has 0 aliphatic carbocycles. The van der Waals surface area contributed by atoms with Gasteiger partial charge in [-0.3, -0.25) is 14.9 Å². The van der Waals surface area contributed by atoms with Gasteiger partial charge in [0, 0.05) is 17.8 Å². The van der Waals surface area contributed by atoms with Crippen LogP contribution in [-0.4, -0.2) is 29.4 Å². The molecular weight excluding hydrogens is 326 g/mol. The van der Waals surface area contributed by atoms with Crippen molar-refractivity contribution in [2.24, 2.45) is 5.73 Å². The number of ether oxygens (including phenoxy) is 1. The fraction of sp³-hybridized carbons (Fsp3) is 0.429. The summed E-state index contributed by atoms with van der Waals surface area (Å²) in [4.78, 5) is 33.9. The van der Waals surface area contributed by atoms with Crippen LogP contribution in [0.1, 0.15) is 37.0 Å². The fourth-order valence-corrected chi connectivity index (χ4v) is 1.93. The third-order valence-corrected chi connectivity index (χ3v) is 3.10. The van der Waals surface area contributed by atoms with E-state index in [-0.39, 0.29) is 29.3 Å². The molecule has 0 aromatic heterocycles. The Labute approximate surface area is 139 Å². The highest BCUT2D eigenvalue weighted by atomic mass is 35.5. The maximum absolute atomic E-state index is 12.1. The second-order valence-electron chi connectivity index (χ2n) is 5.14. The maximum Gasteiger partial charge on any atom is 0.338 e. The average molecular weight is 346 g/mol. The summed E-state index contributed by atoms with van der Waals surface area (Å²) in [6.45, 7) is 3.46. The number of hydrogen-bond donors (Lipinski definition) is 2. The van der Waals surface area contributed by atoms with Gasteiger partial charge >= 0.3 is 5.97 Å². The summed E-state index contributed by atoms with van der Waals surface area (Å²) >= 11 is 0. The first kappa shape index (κ1) is 20.8. The number of amides is 1. The molecule has 1 aromatic rings. The number of nitrogens with two attached hydrogens (primary N) is 1. The third-order valence-electron chi connectivity index (χ3n) is 3.10. The molecule has 0 saturated carbocycles. The first-order valence-corrected chi connectivity index (χ1v) is 6.69. The Hall–Kier alpha value is -2.19. The number of hydrogen-bond acceptors (Lipinski definition) is 6. The lowest BCUT2D eigenvalue weighted by Crippen LogP contribution is -2.48. The smallest absolute Gasteiger partial charge is 0.338 e. The molecule has 0 fully saturated rings. The Balaban J connectivity index is 0.00000484. The molecule has 8 nitrogen and oxygen atoms in total. The lowest BCUT2D eigenvalue weighted by molar-refractivity contribution is -0.384. The molecule has 3 N–H and O–H groups in total. The van der Waals surface area contributed by atoms with E-state index in [4.69, 9.17) is 5.73 Å². The van der Waals surface area contributed by atoms with Crippen molar-refractivity contribution >= 4 is 35.7 Å². The minimum atomic E-state index is -1.11. The van der Waals surface area contributed by atoms with Crippen LogP contribution in [0.15, 0.2) is 18.2 Å². The quantitative estimate of drug-likeness (QED) is 0.463. The van der Waals surface area contributed by atoms with Gasteiger partial charge in [-0.05, 0) is 19.4 Å². The van der Waals surface area contributed by atoms with Crippen molar-refractivity contribution in [3.8, 4) is 0 Å². The first-order chi connectivity index (χ1) is 10.2. The van der Waals surface area contributed by atoms with Crippen LogP contribution in [0.25, 0.3) is 0 Å². The van der Waals surface area contributed by atoms with Crippen LogP contribution in [0.2, 0.25) is 0 Å². The Kier molecular flexibility index (Phi) is 7.64. The highest BCUT2D eigenvalue weighted by Crippen LogP contribution is 2.23. The summed E-state index contributed by atoms with van der Waals surface area (Å²) in [6, 6.07) is 3.54. The number of rotatable bonds is 6. The van der Waals surface area contributed by atoms with Crippen LogP contribution in [-0.2, 0) is 9.53 Å². The number of halogens is 1. The van der Waals surface area contributed by atoms with Crippen molar-refractivity contribution in [1.82, 2.24) is 0 Å². The Morgan fingerprint density at radius 1 is 1.39 bits per heavy atom. The van der Waals surface area contributed by atoms with E-state index in [1.807, 2.05) is 6.92 Å². The van der Waals surface area contributed by atoms with Gasteiger partial charge in [-0.25, -0.2) is 4.79 Å². The Morgan fingerprint density at radius 3 is 2.48 bits per heavy atom. The second-order valence-corrected chi connectivity index (χ2v) is 5.14. The minimum absolute atomic E-state index is 0. The van der Waals surface area contributed by atoms with E-state index < -0.39 is 22.3 Å². The van der Waals surface area contributed by atoms with Gasteiger partial charge in [0.1, 0.15) is 0 Å². The predicted octanol–water partition coefficient (Wildman–Crippen LogP) is 2.26. The first-order valence-electron chi connectivity index (χ1n) is 6.69. The number of carbonyl (C=O) groups is 2. The number of carbonyl (C=O) groups excluding carboxylic acids is 2. The number of nitrogens with zero attached hydrogens (tertiary/aromatic N) is 1. The van der Waals surface area contributed by atoms with Crippen molar-refractivity contribution < 1.29 is 19.2 Å². The molecule has 1 rings (SSSR count). The Bertz CT molecular complexity index is 604. The zero-order chi connectivity index (χ0) is 16.9. The zero-order valence-electron chi connectivity index (χ0n) is 13.1. The molecule has 1 amide bonds. The summed E-state index contributed by atoms with van der Waals surface area (Å²) in [6.07, 6.45) is 1.17. The predicted molar refractivity (Wildman–Crippen MR) is 87.8 cm³/mol. The van der Waals surface area contributed by atoms with Gasteiger partial charge in [-0.1, -0.05) is 13.3 Å². The standard InChI is InChI=1S/C14H19N3O5.ClH/c1-4-5-14(2,15)13(19)16-10-6-9(12(18)22-3)7-11(8-10)17(20)21;/h6-8H,4-5,15H2,1-3H3,(H,16,19);1H. The largest absolute Gasteiger partial charge is 0.465 e. The van der Waals surface area contributed by atoms with E-state index in [2.05, 4.69) is 10.1 Å². The number of methoxy groups -OCH3 is 1. The zero-order valence-corrected chi connectivity index (χ0v) is 13.9. The summed E-state index contributed by atoms with van der Waals surface area (Å²) in [7, 11) is 1.16. The minimum Gasteiger partial charge on any atom is -0.465 e. The van der Waals surface area contributed by atoms with E-state index in [1.54, 1.807) is 6.92 Å². The summed E-state index contributed by atoms with van der Waals surface area (Å²) in [5, 5.41) is 13.4. The number of nitro benzene ring substituents is 1. The molecular formula is C14H20ClN3O5. The van der Waals surface area contributed by atoms with Crippen LogP contribution >= 0.6 is 12.4 Å². The van der Waals surface area contributed by atoms with Crippen molar-refractivity contribution in [3.63, 3.8) is 0 Å². The van der Waals surface area contributed by atoms with E-state index in [0.29, 0.717) is 12.8 Å². The normalized spacial score (nSPS) is 12.5. The monoisotopic (exact) mass is 345 g/mol. The average Bonchev–Trinajstić information content (AvgIpc) is 2.45. The molecule has 23 heavy (non-hydrogen) atoms. The number of nitrogens with one attached hydrogen (secondary N) is 1. The number of nitro groups is 1. The van der Waals surface area contributed by atoms with Gasteiger partial charge in [0.05, 0.1) is 23.1 Å². The van der Waals surface area contributed by atoms with Crippen LogP contribution in [0, 0.1) is 10.1 Å². The fourth-order valence-electron chi connectivity index (χ4n) is 1.93. The van der Waals surface area contributed by atoms with Crippen LogP contribution in [0.4, 0.5) is 11.4 Å². The van der Waals surface area contributed by atoms with Gasteiger partial charge < -0.3 is 15.8 Å². The molecule has 128 valence electrons. The summed E-state index contributed by atoms with van der Waals surface area (Å²) < 4.78 is 4.54. The van der Waals surface area contributed by atoms with Gasteiger partial charge in [0.2, 0.25) is 5.91 Å².